The van der Waals surface area contributed by atoms with Gasteiger partial charge in [-0.1, -0.05) is 20.3 Å². The molecule has 3 nitrogen and oxygen atoms in total. The maximum atomic E-state index is 5.97. The van der Waals surface area contributed by atoms with Gasteiger partial charge < -0.3 is 9.47 Å². The van der Waals surface area contributed by atoms with Gasteiger partial charge in [0.2, 0.25) is 0 Å². The van der Waals surface area contributed by atoms with Crippen LogP contribution in [0.15, 0.2) is 0 Å². The summed E-state index contributed by atoms with van der Waals surface area (Å²) in [6.45, 7) is 8.94. The van der Waals surface area contributed by atoms with Crippen molar-refractivity contribution >= 4 is 11.8 Å². The summed E-state index contributed by atoms with van der Waals surface area (Å²) in [5, 5.41) is 0. The molecule has 1 rings (SSSR count). The van der Waals surface area contributed by atoms with Crippen LogP contribution in [0.4, 0.5) is 0 Å². The van der Waals surface area contributed by atoms with Crippen LogP contribution in [0.5, 0.6) is 0 Å². The normalized spacial score (nSPS) is 19.9. The van der Waals surface area contributed by atoms with Crippen LogP contribution in [-0.4, -0.2) is 55.5 Å². The van der Waals surface area contributed by atoms with Gasteiger partial charge in [-0.05, 0) is 12.2 Å². The molecule has 0 N–H and O–H groups in total. The third-order valence-corrected chi connectivity index (χ3v) is 3.73. The van der Waals surface area contributed by atoms with Crippen LogP contribution in [0.2, 0.25) is 0 Å². The minimum absolute atomic E-state index is 0.429. The van der Waals surface area contributed by atoms with Gasteiger partial charge in [0.15, 0.2) is 0 Å². The smallest absolute Gasteiger partial charge is 0.0995 e. The standard InChI is InChI=1S/C12H25NO2S/c1-3-5-12(10-16-4-2)15-11-13-6-8-14-9-7-13/h12H,3-11H2,1-2H3. The number of hydrogen-bond acceptors (Lipinski definition) is 4. The van der Waals surface area contributed by atoms with Crippen molar-refractivity contribution in [3.63, 3.8) is 0 Å². The van der Waals surface area contributed by atoms with Gasteiger partial charge in [-0.25, -0.2) is 0 Å². The van der Waals surface area contributed by atoms with Crippen LogP contribution in [-0.2, 0) is 9.47 Å². The summed E-state index contributed by atoms with van der Waals surface area (Å²) in [6.07, 6.45) is 2.81. The van der Waals surface area contributed by atoms with Crippen LogP contribution in [0, 0.1) is 0 Å². The molecule has 0 amide bonds. The van der Waals surface area contributed by atoms with Crippen LogP contribution in [0.1, 0.15) is 26.7 Å². The molecule has 0 saturated carbocycles. The molecule has 0 aromatic rings. The summed E-state index contributed by atoms with van der Waals surface area (Å²) < 4.78 is 11.3. The maximum absolute atomic E-state index is 5.97. The second-order valence-electron chi connectivity index (χ2n) is 4.10. The van der Waals surface area contributed by atoms with Gasteiger partial charge in [0, 0.05) is 18.8 Å². The molecule has 1 aliphatic heterocycles. The van der Waals surface area contributed by atoms with E-state index in [1.807, 2.05) is 11.8 Å². The lowest BCUT2D eigenvalue weighted by Gasteiger charge is -2.28. The number of hydrogen-bond donors (Lipinski definition) is 0. The maximum Gasteiger partial charge on any atom is 0.0995 e. The van der Waals surface area contributed by atoms with Crippen LogP contribution in [0.25, 0.3) is 0 Å². The van der Waals surface area contributed by atoms with Crippen molar-refractivity contribution in [3.8, 4) is 0 Å². The molecule has 1 atom stereocenters. The third-order valence-electron chi connectivity index (χ3n) is 2.72. The van der Waals surface area contributed by atoms with Gasteiger partial charge in [0.1, 0.15) is 0 Å². The van der Waals surface area contributed by atoms with Gasteiger partial charge in [-0.3, -0.25) is 4.90 Å². The second kappa shape index (κ2) is 9.28. The van der Waals surface area contributed by atoms with E-state index in [2.05, 4.69) is 18.7 Å². The zero-order chi connectivity index (χ0) is 11.6. The third kappa shape index (κ3) is 6.09. The van der Waals surface area contributed by atoms with Crippen molar-refractivity contribution in [3.05, 3.63) is 0 Å². The Bertz CT molecular complexity index is 163. The number of rotatable bonds is 8. The summed E-state index contributed by atoms with van der Waals surface area (Å²) >= 11 is 1.97. The highest BCUT2D eigenvalue weighted by Crippen LogP contribution is 2.11. The van der Waals surface area contributed by atoms with Crippen molar-refractivity contribution in [2.24, 2.45) is 0 Å². The van der Waals surface area contributed by atoms with Gasteiger partial charge in [0.25, 0.3) is 0 Å². The van der Waals surface area contributed by atoms with Crippen molar-refractivity contribution in [1.29, 1.82) is 0 Å². The molecule has 4 heteroatoms. The van der Waals surface area contributed by atoms with Gasteiger partial charge in [-0.2, -0.15) is 11.8 Å². The Labute approximate surface area is 104 Å². The fraction of sp³-hybridized carbons (Fsp3) is 1.00. The second-order valence-corrected chi connectivity index (χ2v) is 5.42. The Morgan fingerprint density at radius 2 is 2.06 bits per heavy atom. The largest absolute Gasteiger partial charge is 0.379 e. The highest BCUT2D eigenvalue weighted by atomic mass is 32.2. The lowest BCUT2D eigenvalue weighted by atomic mass is 10.2. The molecule has 1 unspecified atom stereocenters. The monoisotopic (exact) mass is 247 g/mol. The van der Waals surface area contributed by atoms with Gasteiger partial charge in [-0.15, -0.1) is 0 Å². The Hall–Kier alpha value is 0.230. The Morgan fingerprint density at radius 3 is 2.69 bits per heavy atom. The summed E-state index contributed by atoms with van der Waals surface area (Å²) in [4.78, 5) is 2.34. The minimum atomic E-state index is 0.429. The van der Waals surface area contributed by atoms with E-state index in [1.54, 1.807) is 0 Å². The molecule has 0 bridgehead atoms. The van der Waals surface area contributed by atoms with E-state index in [0.717, 1.165) is 38.8 Å². The topological polar surface area (TPSA) is 21.7 Å². The molecule has 1 heterocycles. The lowest BCUT2D eigenvalue weighted by molar-refractivity contribution is -0.0562. The molecule has 0 spiro atoms. The summed E-state index contributed by atoms with van der Waals surface area (Å²) in [6, 6.07) is 0. The fourth-order valence-corrected chi connectivity index (χ4v) is 2.49. The molecule has 0 aromatic carbocycles. The Morgan fingerprint density at radius 1 is 1.31 bits per heavy atom. The zero-order valence-corrected chi connectivity index (χ0v) is 11.4. The molecule has 96 valence electrons. The molecule has 1 aliphatic rings. The SMILES string of the molecule is CCCC(CSCC)OCN1CCOCC1. The first kappa shape index (κ1) is 14.3. The Kier molecular flexibility index (Phi) is 8.29. The van der Waals surface area contributed by atoms with Crippen molar-refractivity contribution < 1.29 is 9.47 Å². The highest BCUT2D eigenvalue weighted by Gasteiger charge is 2.13. The molecule has 0 aromatic heterocycles. The first-order valence-electron chi connectivity index (χ1n) is 6.36. The predicted molar refractivity (Wildman–Crippen MR) is 70.0 cm³/mol. The highest BCUT2D eigenvalue weighted by molar-refractivity contribution is 7.99. The molecule has 16 heavy (non-hydrogen) atoms. The van der Waals surface area contributed by atoms with E-state index >= 15 is 0 Å². The van der Waals surface area contributed by atoms with E-state index in [0.29, 0.717) is 6.10 Å². The van der Waals surface area contributed by atoms with Crippen molar-refractivity contribution in [2.45, 2.75) is 32.8 Å². The van der Waals surface area contributed by atoms with Crippen LogP contribution in [0.3, 0.4) is 0 Å². The number of ether oxygens (including phenoxy) is 2. The number of nitrogens with zero attached hydrogens (tertiary/aromatic N) is 1. The fourth-order valence-electron chi connectivity index (χ4n) is 1.73. The number of thioether (sulfide) groups is 1. The van der Waals surface area contributed by atoms with E-state index in [1.165, 1.54) is 18.6 Å². The minimum Gasteiger partial charge on any atom is -0.379 e. The molecular weight excluding hydrogens is 222 g/mol. The van der Waals surface area contributed by atoms with Gasteiger partial charge >= 0.3 is 0 Å². The van der Waals surface area contributed by atoms with Crippen molar-refractivity contribution in [1.82, 2.24) is 4.90 Å². The molecule has 1 fully saturated rings. The molecule has 0 aliphatic carbocycles. The molecule has 0 radical (unpaired) electrons. The first-order chi connectivity index (χ1) is 7.86. The average Bonchev–Trinajstić information content (AvgIpc) is 2.34. The van der Waals surface area contributed by atoms with Crippen molar-refractivity contribution in [2.75, 3.05) is 44.5 Å². The van der Waals surface area contributed by atoms with Crippen LogP contribution < -0.4 is 0 Å². The van der Waals surface area contributed by atoms with Crippen LogP contribution >= 0.6 is 11.8 Å². The van der Waals surface area contributed by atoms with E-state index < -0.39 is 0 Å². The lowest BCUT2D eigenvalue weighted by Crippen LogP contribution is -2.39. The van der Waals surface area contributed by atoms with E-state index in [-0.39, 0.29) is 0 Å². The predicted octanol–water partition coefficient (Wildman–Crippen LogP) is 2.21. The Balaban J connectivity index is 2.14. The molecular formula is C12H25NO2S. The summed E-state index contributed by atoms with van der Waals surface area (Å²) in [5.74, 6) is 2.32. The molecule has 1 saturated heterocycles. The zero-order valence-electron chi connectivity index (χ0n) is 10.6. The first-order valence-corrected chi connectivity index (χ1v) is 7.51. The van der Waals surface area contributed by atoms with E-state index in [4.69, 9.17) is 9.47 Å². The average molecular weight is 247 g/mol. The van der Waals surface area contributed by atoms with E-state index in [9.17, 15) is 0 Å². The summed E-state index contributed by atoms with van der Waals surface area (Å²) in [5.41, 5.74) is 0. The number of morpholine rings is 1. The summed E-state index contributed by atoms with van der Waals surface area (Å²) in [7, 11) is 0. The quantitative estimate of drug-likeness (QED) is 0.655. The van der Waals surface area contributed by atoms with Gasteiger partial charge in [0.05, 0.1) is 26.0 Å².